The van der Waals surface area contributed by atoms with Crippen molar-refractivity contribution >= 4 is 29.8 Å². The Hall–Kier alpha value is -0.630. The van der Waals surface area contributed by atoms with Gasteiger partial charge in [0.15, 0.2) is 0 Å². The van der Waals surface area contributed by atoms with Crippen LogP contribution in [0.2, 0.25) is 0 Å². The lowest BCUT2D eigenvalue weighted by Gasteiger charge is -2.11. The molecule has 1 aliphatic carbocycles. The molecule has 20 heavy (non-hydrogen) atoms. The molecule has 0 heterocycles. The minimum atomic E-state index is -3.94. The molecule has 8 heteroatoms. The van der Waals surface area contributed by atoms with Crippen molar-refractivity contribution in [3.63, 3.8) is 0 Å². The van der Waals surface area contributed by atoms with Gasteiger partial charge in [-0.25, -0.2) is 21.6 Å². The quantitative estimate of drug-likeness (QED) is 0.834. The maximum absolute atomic E-state index is 12.1. The van der Waals surface area contributed by atoms with Crippen LogP contribution in [-0.2, 0) is 19.1 Å². The van der Waals surface area contributed by atoms with Gasteiger partial charge >= 0.3 is 0 Å². The maximum atomic E-state index is 12.1. The molecule has 0 radical (unpaired) electrons. The van der Waals surface area contributed by atoms with E-state index in [2.05, 4.69) is 4.72 Å². The molecule has 2 rings (SSSR count). The average molecular weight is 338 g/mol. The fourth-order valence-electron chi connectivity index (χ4n) is 2.32. The van der Waals surface area contributed by atoms with Gasteiger partial charge in [-0.1, -0.05) is 18.9 Å². The molecule has 112 valence electrons. The Morgan fingerprint density at radius 1 is 1.10 bits per heavy atom. The first kappa shape index (κ1) is 15.8. The van der Waals surface area contributed by atoms with Crippen molar-refractivity contribution in [2.24, 2.45) is 5.92 Å². The largest absolute Gasteiger partial charge is 0.261 e. The van der Waals surface area contributed by atoms with Gasteiger partial charge in [0.25, 0.3) is 9.05 Å². The monoisotopic (exact) mass is 337 g/mol. The molecule has 5 nitrogen and oxygen atoms in total. The van der Waals surface area contributed by atoms with Gasteiger partial charge in [0, 0.05) is 17.2 Å². The van der Waals surface area contributed by atoms with Crippen molar-refractivity contribution in [1.29, 1.82) is 0 Å². The highest BCUT2D eigenvalue weighted by Gasteiger charge is 2.21. The van der Waals surface area contributed by atoms with Gasteiger partial charge in [-0.05, 0) is 37.0 Å². The van der Waals surface area contributed by atoms with Crippen LogP contribution in [0.1, 0.15) is 25.7 Å². The molecule has 1 aliphatic rings. The lowest BCUT2D eigenvalue weighted by atomic mass is 10.1. The number of hydrogen-bond donors (Lipinski definition) is 1. The van der Waals surface area contributed by atoms with Crippen LogP contribution in [0.25, 0.3) is 0 Å². The predicted molar refractivity (Wildman–Crippen MR) is 76.6 cm³/mol. The molecule has 0 aliphatic heterocycles. The first-order chi connectivity index (χ1) is 9.29. The molecule has 1 N–H and O–H groups in total. The number of halogens is 1. The number of rotatable bonds is 5. The highest BCUT2D eigenvalue weighted by molar-refractivity contribution is 8.13. The summed E-state index contributed by atoms with van der Waals surface area (Å²) in [6.45, 7) is 0.389. The zero-order valence-electron chi connectivity index (χ0n) is 10.7. The van der Waals surface area contributed by atoms with E-state index in [0.717, 1.165) is 31.7 Å². The number of nitrogens with one attached hydrogen (secondary N) is 1. The molecule has 1 aromatic carbocycles. The second-order valence-corrected chi connectivity index (χ2v) is 9.25. The predicted octanol–water partition coefficient (Wildman–Crippen LogP) is 2.08. The Bertz CT molecular complexity index is 679. The van der Waals surface area contributed by atoms with Crippen LogP contribution in [0.3, 0.4) is 0 Å². The second-order valence-electron chi connectivity index (χ2n) is 4.92. The van der Waals surface area contributed by atoms with Crippen LogP contribution in [0.5, 0.6) is 0 Å². The number of benzene rings is 1. The molecule has 0 bridgehead atoms. The number of sulfonamides is 1. The van der Waals surface area contributed by atoms with Crippen molar-refractivity contribution < 1.29 is 16.8 Å². The summed E-state index contributed by atoms with van der Waals surface area (Å²) in [5.74, 6) is 0.365. The topological polar surface area (TPSA) is 80.3 Å². The molecular formula is C12H16ClNO4S2. The third-order valence-corrected chi connectivity index (χ3v) is 6.21. The van der Waals surface area contributed by atoms with Crippen molar-refractivity contribution in [1.82, 2.24) is 4.72 Å². The summed E-state index contributed by atoms with van der Waals surface area (Å²) in [6.07, 6.45) is 4.32. The zero-order valence-corrected chi connectivity index (χ0v) is 13.1. The molecule has 0 unspecified atom stereocenters. The summed E-state index contributed by atoms with van der Waals surface area (Å²) in [5.41, 5.74) is 0. The summed E-state index contributed by atoms with van der Waals surface area (Å²) in [4.78, 5) is -0.305. The Kier molecular flexibility index (Phi) is 4.73. The summed E-state index contributed by atoms with van der Waals surface area (Å²) in [5, 5.41) is 0. The van der Waals surface area contributed by atoms with E-state index < -0.39 is 19.1 Å². The standard InChI is InChI=1S/C12H16ClNO4S2/c13-19(15,16)11-6-3-7-12(8-11)20(17,18)14-9-10-4-1-2-5-10/h3,6-8,10,14H,1-2,4-5,9H2. The second kappa shape index (κ2) is 6.01. The fourth-order valence-corrected chi connectivity index (χ4v) is 4.35. The molecule has 0 atom stereocenters. The van der Waals surface area contributed by atoms with E-state index in [0.29, 0.717) is 12.5 Å². The first-order valence-electron chi connectivity index (χ1n) is 6.33. The molecule has 1 fully saturated rings. The van der Waals surface area contributed by atoms with Crippen LogP contribution < -0.4 is 4.72 Å². The van der Waals surface area contributed by atoms with Gasteiger partial charge in [0.2, 0.25) is 10.0 Å². The summed E-state index contributed by atoms with van der Waals surface area (Å²) < 4.78 is 49.2. The van der Waals surface area contributed by atoms with Crippen LogP contribution in [0.4, 0.5) is 0 Å². The molecular weight excluding hydrogens is 322 g/mol. The van der Waals surface area contributed by atoms with Gasteiger partial charge in [-0.2, -0.15) is 0 Å². The molecule has 1 saturated carbocycles. The summed E-state index contributed by atoms with van der Waals surface area (Å²) >= 11 is 0. The van der Waals surface area contributed by atoms with Crippen molar-refractivity contribution in [2.45, 2.75) is 35.5 Å². The third-order valence-electron chi connectivity index (χ3n) is 3.43. The first-order valence-corrected chi connectivity index (χ1v) is 10.1. The third kappa shape index (κ3) is 3.94. The van der Waals surface area contributed by atoms with Crippen LogP contribution in [-0.4, -0.2) is 23.4 Å². The van der Waals surface area contributed by atoms with Gasteiger partial charge in [0.05, 0.1) is 9.79 Å². The Balaban J connectivity index is 2.16. The van der Waals surface area contributed by atoms with E-state index >= 15 is 0 Å². The minimum Gasteiger partial charge on any atom is -0.211 e. The van der Waals surface area contributed by atoms with E-state index in [1.54, 1.807) is 0 Å². The van der Waals surface area contributed by atoms with Gasteiger partial charge in [-0.3, -0.25) is 0 Å². The molecule has 0 aromatic heterocycles. The molecule has 0 saturated heterocycles. The van der Waals surface area contributed by atoms with Crippen molar-refractivity contribution in [2.75, 3.05) is 6.54 Å². The van der Waals surface area contributed by atoms with Crippen LogP contribution in [0.15, 0.2) is 34.1 Å². The van der Waals surface area contributed by atoms with E-state index in [1.807, 2.05) is 0 Å². The maximum Gasteiger partial charge on any atom is 0.261 e. The lowest BCUT2D eigenvalue weighted by molar-refractivity contribution is 0.519. The van der Waals surface area contributed by atoms with Crippen molar-refractivity contribution in [3.8, 4) is 0 Å². The van der Waals surface area contributed by atoms with Gasteiger partial charge in [-0.15, -0.1) is 0 Å². The molecule has 0 amide bonds. The van der Waals surface area contributed by atoms with Crippen LogP contribution >= 0.6 is 10.7 Å². The van der Waals surface area contributed by atoms with Crippen LogP contribution in [0, 0.1) is 5.92 Å². The minimum absolute atomic E-state index is 0.0859. The normalized spacial score (nSPS) is 17.4. The summed E-state index contributed by atoms with van der Waals surface area (Å²) in [7, 11) is -2.42. The highest BCUT2D eigenvalue weighted by Crippen LogP contribution is 2.24. The average Bonchev–Trinajstić information content (AvgIpc) is 2.89. The Morgan fingerprint density at radius 3 is 2.30 bits per heavy atom. The highest BCUT2D eigenvalue weighted by atomic mass is 35.7. The smallest absolute Gasteiger partial charge is 0.211 e. The summed E-state index contributed by atoms with van der Waals surface area (Å²) in [6, 6.07) is 5.04. The number of hydrogen-bond acceptors (Lipinski definition) is 4. The van der Waals surface area contributed by atoms with Gasteiger partial charge in [0.1, 0.15) is 0 Å². The van der Waals surface area contributed by atoms with E-state index in [1.165, 1.54) is 18.2 Å². The van der Waals surface area contributed by atoms with E-state index in [-0.39, 0.29) is 9.79 Å². The van der Waals surface area contributed by atoms with Gasteiger partial charge < -0.3 is 0 Å². The van der Waals surface area contributed by atoms with Crippen molar-refractivity contribution in [3.05, 3.63) is 24.3 Å². The molecule has 1 aromatic rings. The Morgan fingerprint density at radius 2 is 1.70 bits per heavy atom. The SMILES string of the molecule is O=S(=O)(Cl)c1cccc(S(=O)(=O)NCC2CCCC2)c1. The lowest BCUT2D eigenvalue weighted by Crippen LogP contribution is -2.28. The van der Waals surface area contributed by atoms with E-state index in [4.69, 9.17) is 10.7 Å². The Labute approximate surface area is 123 Å². The molecule has 0 spiro atoms. The fraction of sp³-hybridized carbons (Fsp3) is 0.500. The zero-order chi connectivity index (χ0) is 14.8. The van der Waals surface area contributed by atoms with E-state index in [9.17, 15) is 16.8 Å².